The fourth-order valence-electron chi connectivity index (χ4n) is 1.14. The van der Waals surface area contributed by atoms with Gasteiger partial charge in [-0.25, -0.2) is 8.78 Å². The van der Waals surface area contributed by atoms with Crippen LogP contribution in [0.1, 0.15) is 0 Å². The number of thiophene rings is 1. The molecule has 1 heterocycles. The van der Waals surface area contributed by atoms with Crippen LogP contribution in [0.5, 0.6) is 0 Å². The fraction of sp³-hybridized carbons (Fsp3) is 0. The zero-order valence-corrected chi connectivity index (χ0v) is 7.44. The molecule has 0 N–H and O–H groups in total. The molecule has 0 saturated heterocycles. The zero-order valence-electron chi connectivity index (χ0n) is 6.63. The zero-order chi connectivity index (χ0) is 9.26. The van der Waals surface area contributed by atoms with Crippen molar-refractivity contribution in [2.24, 2.45) is 0 Å². The Bertz CT molecular complexity index is 387. The lowest BCUT2D eigenvalue weighted by Gasteiger charge is -1.97. The first kappa shape index (κ1) is 8.38. The smallest absolute Gasteiger partial charge is 0.126 e. The lowest BCUT2D eigenvalue weighted by Crippen LogP contribution is -1.81. The van der Waals surface area contributed by atoms with Crippen LogP contribution in [0.15, 0.2) is 35.7 Å². The summed E-state index contributed by atoms with van der Waals surface area (Å²) in [6.07, 6.45) is 0. The number of benzene rings is 1. The van der Waals surface area contributed by atoms with Gasteiger partial charge in [-0.15, -0.1) is 11.3 Å². The molecule has 0 amide bonds. The highest BCUT2D eigenvalue weighted by atomic mass is 32.1. The Balaban J connectivity index is 2.53. The minimum atomic E-state index is -0.539. The van der Waals surface area contributed by atoms with E-state index in [0.29, 0.717) is 5.56 Å². The minimum absolute atomic E-state index is 0.539. The van der Waals surface area contributed by atoms with Crippen molar-refractivity contribution in [1.82, 2.24) is 0 Å². The minimum Gasteiger partial charge on any atom is -0.207 e. The summed E-state index contributed by atoms with van der Waals surface area (Å²) in [4.78, 5) is 0.874. The second-order valence-corrected chi connectivity index (χ2v) is 3.58. The maximum atomic E-state index is 12.8. The third kappa shape index (κ3) is 1.75. The van der Waals surface area contributed by atoms with Crippen molar-refractivity contribution in [3.63, 3.8) is 0 Å². The summed E-state index contributed by atoms with van der Waals surface area (Å²) in [5.41, 5.74) is 0.590. The standard InChI is InChI=1S/C10H6F2S/c11-8-4-7(5-9(12)6-8)10-2-1-3-13-10/h1-6H. The summed E-state index contributed by atoms with van der Waals surface area (Å²) in [5, 5.41) is 1.87. The van der Waals surface area contributed by atoms with Gasteiger partial charge in [0.15, 0.2) is 0 Å². The largest absolute Gasteiger partial charge is 0.207 e. The van der Waals surface area contributed by atoms with Gasteiger partial charge in [0.2, 0.25) is 0 Å². The van der Waals surface area contributed by atoms with E-state index in [1.54, 1.807) is 0 Å². The number of rotatable bonds is 1. The molecule has 0 spiro atoms. The van der Waals surface area contributed by atoms with Crippen molar-refractivity contribution < 1.29 is 8.78 Å². The van der Waals surface area contributed by atoms with Crippen molar-refractivity contribution in [2.75, 3.05) is 0 Å². The molecule has 1 aromatic heterocycles. The van der Waals surface area contributed by atoms with Gasteiger partial charge >= 0.3 is 0 Å². The predicted molar refractivity (Wildman–Crippen MR) is 49.7 cm³/mol. The highest BCUT2D eigenvalue weighted by Crippen LogP contribution is 2.25. The van der Waals surface area contributed by atoms with E-state index < -0.39 is 11.6 Å². The highest BCUT2D eigenvalue weighted by molar-refractivity contribution is 7.13. The number of hydrogen-bond donors (Lipinski definition) is 0. The van der Waals surface area contributed by atoms with Crippen LogP contribution in [-0.2, 0) is 0 Å². The van der Waals surface area contributed by atoms with Crippen LogP contribution in [0, 0.1) is 11.6 Å². The molecule has 0 bridgehead atoms. The van der Waals surface area contributed by atoms with E-state index in [9.17, 15) is 8.78 Å². The SMILES string of the molecule is Fc1cc(F)cc(-c2cccs2)c1. The van der Waals surface area contributed by atoms with Gasteiger partial charge in [-0.3, -0.25) is 0 Å². The summed E-state index contributed by atoms with van der Waals surface area (Å²) in [5.74, 6) is -1.08. The molecule has 0 fully saturated rings. The van der Waals surface area contributed by atoms with Gasteiger partial charge in [-0.1, -0.05) is 6.07 Å². The molecule has 13 heavy (non-hydrogen) atoms. The lowest BCUT2D eigenvalue weighted by molar-refractivity contribution is 0.584. The van der Waals surface area contributed by atoms with Crippen LogP contribution in [-0.4, -0.2) is 0 Å². The highest BCUT2D eigenvalue weighted by Gasteiger charge is 2.02. The van der Waals surface area contributed by atoms with Crippen LogP contribution < -0.4 is 0 Å². The van der Waals surface area contributed by atoms with Crippen LogP contribution in [0.3, 0.4) is 0 Å². The second-order valence-electron chi connectivity index (χ2n) is 2.64. The summed E-state index contributed by atoms with van der Waals surface area (Å²) in [7, 11) is 0. The van der Waals surface area contributed by atoms with Crippen LogP contribution in [0.2, 0.25) is 0 Å². The van der Waals surface area contributed by atoms with E-state index in [1.807, 2.05) is 17.5 Å². The molecular formula is C10H6F2S. The van der Waals surface area contributed by atoms with Gasteiger partial charge < -0.3 is 0 Å². The Hall–Kier alpha value is -1.22. The lowest BCUT2D eigenvalue weighted by atomic mass is 10.2. The molecule has 2 aromatic rings. The Morgan fingerprint density at radius 1 is 1.00 bits per heavy atom. The molecule has 66 valence electrons. The maximum Gasteiger partial charge on any atom is 0.126 e. The van der Waals surface area contributed by atoms with Gasteiger partial charge in [-0.05, 0) is 29.1 Å². The Morgan fingerprint density at radius 3 is 2.23 bits per heavy atom. The third-order valence-corrected chi connectivity index (χ3v) is 2.59. The van der Waals surface area contributed by atoms with Crippen LogP contribution >= 0.6 is 11.3 Å². The molecular weight excluding hydrogens is 190 g/mol. The summed E-state index contributed by atoms with van der Waals surface area (Å²) >= 11 is 1.46. The normalized spacial score (nSPS) is 10.3. The van der Waals surface area contributed by atoms with Gasteiger partial charge in [-0.2, -0.15) is 0 Å². The summed E-state index contributed by atoms with van der Waals surface area (Å²) in [6, 6.07) is 7.21. The van der Waals surface area contributed by atoms with Crippen molar-refractivity contribution in [3.8, 4) is 10.4 Å². The van der Waals surface area contributed by atoms with Crippen molar-refractivity contribution in [1.29, 1.82) is 0 Å². The van der Waals surface area contributed by atoms with Crippen molar-refractivity contribution in [3.05, 3.63) is 47.3 Å². The first-order chi connectivity index (χ1) is 6.25. The molecule has 0 unspecified atom stereocenters. The molecule has 0 atom stereocenters. The summed E-state index contributed by atoms with van der Waals surface area (Å²) in [6.45, 7) is 0. The van der Waals surface area contributed by atoms with Crippen molar-refractivity contribution in [2.45, 2.75) is 0 Å². The fourth-order valence-corrected chi connectivity index (χ4v) is 1.85. The second kappa shape index (κ2) is 3.26. The molecule has 0 saturated carbocycles. The molecule has 1 aromatic carbocycles. The van der Waals surface area contributed by atoms with Crippen LogP contribution in [0.4, 0.5) is 8.78 Å². The number of hydrogen-bond acceptors (Lipinski definition) is 1. The van der Waals surface area contributed by atoms with E-state index in [4.69, 9.17) is 0 Å². The Labute approximate surface area is 78.5 Å². The quantitative estimate of drug-likeness (QED) is 0.652. The van der Waals surface area contributed by atoms with Gasteiger partial charge in [0.25, 0.3) is 0 Å². The average Bonchev–Trinajstić information content (AvgIpc) is 2.53. The van der Waals surface area contributed by atoms with Gasteiger partial charge in [0.05, 0.1) is 0 Å². The molecule has 0 radical (unpaired) electrons. The Morgan fingerprint density at radius 2 is 1.69 bits per heavy atom. The molecule has 0 aliphatic rings. The molecule has 0 aliphatic carbocycles. The molecule has 2 rings (SSSR count). The van der Waals surface area contributed by atoms with E-state index in [2.05, 4.69) is 0 Å². The average molecular weight is 196 g/mol. The van der Waals surface area contributed by atoms with Gasteiger partial charge in [0.1, 0.15) is 11.6 Å². The third-order valence-electron chi connectivity index (χ3n) is 1.67. The molecule has 0 nitrogen and oxygen atoms in total. The van der Waals surface area contributed by atoms with E-state index in [-0.39, 0.29) is 0 Å². The topological polar surface area (TPSA) is 0 Å². The molecule has 0 aliphatic heterocycles. The first-order valence-electron chi connectivity index (χ1n) is 3.76. The van der Waals surface area contributed by atoms with Crippen molar-refractivity contribution >= 4 is 11.3 Å². The first-order valence-corrected chi connectivity index (χ1v) is 4.63. The monoisotopic (exact) mass is 196 g/mol. The molecule has 3 heteroatoms. The van der Waals surface area contributed by atoms with Crippen LogP contribution in [0.25, 0.3) is 10.4 Å². The predicted octanol–water partition coefficient (Wildman–Crippen LogP) is 3.69. The summed E-state index contributed by atoms with van der Waals surface area (Å²) < 4.78 is 25.6. The number of halogens is 2. The van der Waals surface area contributed by atoms with E-state index in [0.717, 1.165) is 10.9 Å². The van der Waals surface area contributed by atoms with Gasteiger partial charge in [0, 0.05) is 10.9 Å². The Kier molecular flexibility index (Phi) is 2.10. The van der Waals surface area contributed by atoms with E-state index in [1.165, 1.54) is 23.5 Å². The van der Waals surface area contributed by atoms with E-state index >= 15 is 0 Å². The maximum absolute atomic E-state index is 12.8.